The second-order valence-electron chi connectivity index (χ2n) is 6.92. The van der Waals surface area contributed by atoms with Crippen molar-refractivity contribution >= 4 is 23.3 Å². The lowest BCUT2D eigenvalue weighted by Crippen LogP contribution is -2.33. The molecule has 0 bridgehead atoms. The van der Waals surface area contributed by atoms with Crippen molar-refractivity contribution in [2.24, 2.45) is 0 Å². The number of hydrogen-bond donors (Lipinski definition) is 1. The second kappa shape index (κ2) is 7.39. The molecule has 0 saturated carbocycles. The van der Waals surface area contributed by atoms with Gasteiger partial charge < -0.3 is 14.6 Å². The maximum atomic E-state index is 14.9. The summed E-state index contributed by atoms with van der Waals surface area (Å²) in [6.07, 6.45) is 2.92. The Morgan fingerprint density at radius 2 is 2.31 bits per heavy atom. The van der Waals surface area contributed by atoms with Crippen LogP contribution in [0.2, 0.25) is 0 Å². The van der Waals surface area contributed by atoms with Crippen LogP contribution < -0.4 is 10.2 Å². The van der Waals surface area contributed by atoms with Crippen LogP contribution in [0.25, 0.3) is 5.57 Å². The Morgan fingerprint density at radius 3 is 3.03 bits per heavy atom. The number of carbonyl (C=O) groups excluding carboxylic acids is 2. The number of nitrogens with one attached hydrogen (secondary N) is 1. The average Bonchev–Trinajstić information content (AvgIpc) is 3.28. The number of aromatic nitrogens is 2. The van der Waals surface area contributed by atoms with Gasteiger partial charge >= 0.3 is 6.09 Å². The number of allylic oxidation sites excluding steroid dienone is 2. The summed E-state index contributed by atoms with van der Waals surface area (Å²) in [5.41, 5.74) is 2.50. The van der Waals surface area contributed by atoms with Crippen molar-refractivity contribution in [2.75, 3.05) is 18.0 Å². The molecule has 3 heterocycles. The van der Waals surface area contributed by atoms with Crippen LogP contribution in [0, 0.1) is 17.1 Å². The molecule has 9 heteroatoms. The van der Waals surface area contributed by atoms with Gasteiger partial charge in [-0.3, -0.25) is 9.69 Å². The van der Waals surface area contributed by atoms with Crippen molar-refractivity contribution in [1.29, 1.82) is 5.26 Å². The number of amides is 2. The minimum atomic E-state index is -0.572. The largest absolute Gasteiger partial charge is 0.442 e. The van der Waals surface area contributed by atoms with Crippen molar-refractivity contribution < 1.29 is 18.7 Å². The Bertz CT molecular complexity index is 1070. The first-order valence-corrected chi connectivity index (χ1v) is 9.12. The zero-order chi connectivity index (χ0) is 20.5. The zero-order valence-corrected chi connectivity index (χ0v) is 15.7. The van der Waals surface area contributed by atoms with Crippen LogP contribution in [0.4, 0.5) is 14.9 Å². The van der Waals surface area contributed by atoms with Crippen LogP contribution in [0.1, 0.15) is 24.0 Å². The molecule has 1 fully saturated rings. The fraction of sp³-hybridized carbons (Fsp3) is 0.300. The van der Waals surface area contributed by atoms with Crippen LogP contribution in [0.5, 0.6) is 0 Å². The van der Waals surface area contributed by atoms with Gasteiger partial charge in [-0.1, -0.05) is 6.08 Å². The molecule has 0 unspecified atom stereocenters. The van der Waals surface area contributed by atoms with E-state index in [1.165, 1.54) is 17.9 Å². The van der Waals surface area contributed by atoms with E-state index >= 15 is 0 Å². The fourth-order valence-corrected chi connectivity index (χ4v) is 3.55. The third-order valence-electron chi connectivity index (χ3n) is 4.99. The smallest absolute Gasteiger partial charge is 0.414 e. The predicted molar refractivity (Wildman–Crippen MR) is 101 cm³/mol. The van der Waals surface area contributed by atoms with Gasteiger partial charge in [0.1, 0.15) is 18.0 Å². The highest BCUT2D eigenvalue weighted by Gasteiger charge is 2.33. The lowest BCUT2D eigenvalue weighted by atomic mass is 9.97. The van der Waals surface area contributed by atoms with E-state index in [1.54, 1.807) is 22.9 Å². The number of imidazole rings is 1. The summed E-state index contributed by atoms with van der Waals surface area (Å²) in [5.74, 6) is -0.313. The zero-order valence-electron chi connectivity index (χ0n) is 15.7. The maximum Gasteiger partial charge on any atom is 0.414 e. The van der Waals surface area contributed by atoms with Gasteiger partial charge in [-0.2, -0.15) is 5.26 Å². The highest BCUT2D eigenvalue weighted by Crippen LogP contribution is 2.30. The predicted octanol–water partition coefficient (Wildman–Crippen LogP) is 1.99. The summed E-state index contributed by atoms with van der Waals surface area (Å²) in [4.78, 5) is 28.6. The number of ether oxygens (including phenoxy) is 1. The van der Waals surface area contributed by atoms with Crippen LogP contribution in [0.15, 0.2) is 30.5 Å². The van der Waals surface area contributed by atoms with E-state index in [1.807, 2.05) is 12.1 Å². The molecule has 2 amide bonds. The molecule has 0 radical (unpaired) electrons. The number of rotatable bonds is 4. The summed E-state index contributed by atoms with van der Waals surface area (Å²) in [6.45, 7) is 2.29. The van der Waals surface area contributed by atoms with E-state index in [4.69, 9.17) is 10.00 Å². The maximum absolute atomic E-state index is 14.9. The van der Waals surface area contributed by atoms with E-state index in [0.29, 0.717) is 30.0 Å². The number of hydrogen-bond acceptors (Lipinski definition) is 5. The number of halogens is 1. The Morgan fingerprint density at radius 1 is 1.48 bits per heavy atom. The number of fused-ring (bicyclic) bond motifs is 1. The normalized spacial score (nSPS) is 18.0. The summed E-state index contributed by atoms with van der Waals surface area (Å²) in [6, 6.07) is 6.66. The molecular formula is C20H18FN5O3. The van der Waals surface area contributed by atoms with Crippen LogP contribution in [-0.4, -0.2) is 40.7 Å². The van der Waals surface area contributed by atoms with Gasteiger partial charge in [0.25, 0.3) is 0 Å². The molecule has 1 saturated heterocycles. The number of nitrogens with zero attached hydrogens (tertiary/aromatic N) is 4. The summed E-state index contributed by atoms with van der Waals surface area (Å²) in [7, 11) is 0. The standard InChI is InChI=1S/C20H18FN5O3/c1-12(27)23-10-16-11-26(20(28)29-16)14-2-3-17(18(21)7-14)13-4-5-25-15(6-13)9-24-19(25)8-22/h2-4,7,9,16H,5-6,10-11H2,1H3,(H,23,27)/t16-/m0/s1. The molecule has 2 aromatic rings. The number of cyclic esters (lactones) is 1. The van der Waals surface area contributed by atoms with Gasteiger partial charge in [0, 0.05) is 37.3 Å². The van der Waals surface area contributed by atoms with Gasteiger partial charge in [-0.05, 0) is 23.8 Å². The fourth-order valence-electron chi connectivity index (χ4n) is 3.55. The summed E-state index contributed by atoms with van der Waals surface area (Å²) in [5, 5.41) is 11.7. The lowest BCUT2D eigenvalue weighted by molar-refractivity contribution is -0.119. The van der Waals surface area contributed by atoms with Gasteiger partial charge in [-0.25, -0.2) is 14.2 Å². The third kappa shape index (κ3) is 3.57. The van der Waals surface area contributed by atoms with Crippen LogP contribution in [0.3, 0.4) is 0 Å². The van der Waals surface area contributed by atoms with Gasteiger partial charge in [0.15, 0.2) is 0 Å². The monoisotopic (exact) mass is 395 g/mol. The van der Waals surface area contributed by atoms with E-state index in [9.17, 15) is 14.0 Å². The van der Waals surface area contributed by atoms with E-state index < -0.39 is 18.0 Å². The highest BCUT2D eigenvalue weighted by molar-refractivity contribution is 5.90. The molecule has 1 aromatic heterocycles. The first-order valence-electron chi connectivity index (χ1n) is 9.12. The molecule has 8 nitrogen and oxygen atoms in total. The van der Waals surface area contributed by atoms with Crippen molar-refractivity contribution in [3.05, 3.63) is 53.4 Å². The SMILES string of the molecule is CC(=O)NC[C@H]1CN(c2ccc(C3=CCn4c(cnc4C#N)C3)c(F)c2)C(=O)O1. The molecule has 0 spiro atoms. The van der Waals surface area contributed by atoms with Gasteiger partial charge in [0.05, 0.1) is 18.8 Å². The first-order chi connectivity index (χ1) is 14.0. The van der Waals surface area contributed by atoms with Crippen molar-refractivity contribution in [3.63, 3.8) is 0 Å². The average molecular weight is 395 g/mol. The Hall–Kier alpha value is -3.67. The van der Waals surface area contributed by atoms with E-state index in [-0.39, 0.29) is 19.0 Å². The van der Waals surface area contributed by atoms with Crippen molar-refractivity contribution in [3.8, 4) is 6.07 Å². The van der Waals surface area contributed by atoms with E-state index in [2.05, 4.69) is 10.3 Å². The molecule has 2 aliphatic rings. The Balaban J connectivity index is 1.51. The number of carbonyl (C=O) groups is 2. The Labute approximate surface area is 166 Å². The van der Waals surface area contributed by atoms with E-state index in [0.717, 1.165) is 11.3 Å². The molecule has 1 aromatic carbocycles. The lowest BCUT2D eigenvalue weighted by Gasteiger charge is -2.19. The van der Waals surface area contributed by atoms with Gasteiger partial charge in [-0.15, -0.1) is 0 Å². The summed E-state index contributed by atoms with van der Waals surface area (Å²) >= 11 is 0. The molecule has 29 heavy (non-hydrogen) atoms. The topological polar surface area (TPSA) is 100 Å². The van der Waals surface area contributed by atoms with Crippen molar-refractivity contribution in [1.82, 2.24) is 14.9 Å². The molecule has 148 valence electrons. The summed E-state index contributed by atoms with van der Waals surface area (Å²) < 4.78 is 21.9. The van der Waals surface area contributed by atoms with Crippen LogP contribution >= 0.6 is 0 Å². The number of anilines is 1. The molecule has 0 aliphatic carbocycles. The molecule has 4 rings (SSSR count). The molecular weight excluding hydrogens is 377 g/mol. The quantitative estimate of drug-likeness (QED) is 0.853. The minimum Gasteiger partial charge on any atom is -0.442 e. The minimum absolute atomic E-state index is 0.209. The third-order valence-corrected chi connectivity index (χ3v) is 4.99. The number of nitriles is 1. The second-order valence-corrected chi connectivity index (χ2v) is 6.92. The van der Waals surface area contributed by atoms with Crippen LogP contribution in [-0.2, 0) is 22.5 Å². The highest BCUT2D eigenvalue weighted by atomic mass is 19.1. The number of benzene rings is 1. The first kappa shape index (κ1) is 18.7. The van der Waals surface area contributed by atoms with Gasteiger partial charge in [0.2, 0.25) is 11.7 Å². The van der Waals surface area contributed by atoms with Crippen molar-refractivity contribution in [2.45, 2.75) is 26.0 Å². The molecule has 1 N–H and O–H groups in total. The molecule has 1 atom stereocenters. The molecule has 2 aliphatic heterocycles. The Kier molecular flexibility index (Phi) is 4.76.